The van der Waals surface area contributed by atoms with Crippen molar-refractivity contribution in [3.05, 3.63) is 35.6 Å². The molecule has 0 spiro atoms. The maximum Gasteiger partial charge on any atom is 0.254 e. The third-order valence-corrected chi connectivity index (χ3v) is 4.05. The van der Waals surface area contributed by atoms with Crippen LogP contribution in [0.3, 0.4) is 0 Å². The summed E-state index contributed by atoms with van der Waals surface area (Å²) in [5.41, 5.74) is 0.957. The summed E-state index contributed by atoms with van der Waals surface area (Å²) in [4.78, 5) is 23.0. The van der Waals surface area contributed by atoms with Gasteiger partial charge in [0.25, 0.3) is 5.88 Å². The molecule has 7 heteroatoms. The number of carbonyl (C=O) groups excluding carboxylic acids is 1. The first-order valence-electron chi connectivity index (χ1n) is 7.72. The Morgan fingerprint density at radius 3 is 3.13 bits per heavy atom. The summed E-state index contributed by atoms with van der Waals surface area (Å²) in [5.74, 6) is 2.28. The van der Waals surface area contributed by atoms with Crippen LogP contribution in [0.25, 0.3) is 0 Å². The minimum absolute atomic E-state index is 0.121. The zero-order valence-electron chi connectivity index (χ0n) is 13.4. The van der Waals surface area contributed by atoms with Crippen LogP contribution in [0.2, 0.25) is 0 Å². The first kappa shape index (κ1) is 15.5. The van der Waals surface area contributed by atoms with Crippen molar-refractivity contribution in [3.63, 3.8) is 0 Å². The Balaban J connectivity index is 1.53. The van der Waals surface area contributed by atoms with Gasteiger partial charge in [-0.1, -0.05) is 0 Å². The predicted molar refractivity (Wildman–Crippen MR) is 82.1 cm³/mol. The van der Waals surface area contributed by atoms with Gasteiger partial charge in [-0.2, -0.15) is 0 Å². The van der Waals surface area contributed by atoms with Crippen molar-refractivity contribution in [2.75, 3.05) is 20.2 Å². The van der Waals surface area contributed by atoms with Crippen molar-refractivity contribution < 1.29 is 14.1 Å². The number of rotatable bonds is 5. The maximum absolute atomic E-state index is 12.3. The van der Waals surface area contributed by atoms with Gasteiger partial charge in [-0.05, 0) is 24.6 Å². The van der Waals surface area contributed by atoms with E-state index in [9.17, 15) is 4.79 Å². The molecule has 3 rings (SSSR count). The van der Waals surface area contributed by atoms with E-state index >= 15 is 0 Å². The van der Waals surface area contributed by atoms with Crippen molar-refractivity contribution in [1.82, 2.24) is 20.0 Å². The SMILES string of the molecule is COc1cc(CCC(=O)N2CC[C@H](c3nccc(C)n3)C2)on1. The molecular weight excluding hydrogens is 296 g/mol. The van der Waals surface area contributed by atoms with Gasteiger partial charge < -0.3 is 14.2 Å². The number of carbonyl (C=O) groups is 1. The first-order valence-corrected chi connectivity index (χ1v) is 7.72. The van der Waals surface area contributed by atoms with Gasteiger partial charge in [0.1, 0.15) is 11.6 Å². The molecular formula is C16H20N4O3. The summed E-state index contributed by atoms with van der Waals surface area (Å²) < 4.78 is 10.1. The fourth-order valence-corrected chi connectivity index (χ4v) is 2.76. The largest absolute Gasteiger partial charge is 0.479 e. The minimum atomic E-state index is 0.121. The number of ether oxygens (including phenoxy) is 1. The van der Waals surface area contributed by atoms with E-state index in [1.807, 2.05) is 17.9 Å². The van der Waals surface area contributed by atoms with Crippen LogP contribution in [-0.4, -0.2) is 46.1 Å². The summed E-state index contributed by atoms with van der Waals surface area (Å²) in [5, 5.41) is 3.73. The lowest BCUT2D eigenvalue weighted by molar-refractivity contribution is -0.130. The Bertz CT molecular complexity index is 685. The number of aryl methyl sites for hydroxylation is 2. The van der Waals surface area contributed by atoms with E-state index in [2.05, 4.69) is 15.1 Å². The second-order valence-corrected chi connectivity index (χ2v) is 5.72. The predicted octanol–water partition coefficient (Wildman–Crippen LogP) is 1.73. The van der Waals surface area contributed by atoms with E-state index in [1.54, 1.807) is 12.3 Å². The van der Waals surface area contributed by atoms with Crippen molar-refractivity contribution in [1.29, 1.82) is 0 Å². The van der Waals surface area contributed by atoms with E-state index in [0.717, 1.165) is 24.5 Å². The molecule has 0 aliphatic carbocycles. The molecule has 0 radical (unpaired) electrons. The summed E-state index contributed by atoms with van der Waals surface area (Å²) in [6.07, 6.45) is 3.61. The van der Waals surface area contributed by atoms with E-state index in [-0.39, 0.29) is 11.8 Å². The molecule has 3 heterocycles. The number of aromatic nitrogens is 3. The number of nitrogens with zero attached hydrogens (tertiary/aromatic N) is 4. The number of methoxy groups -OCH3 is 1. The van der Waals surface area contributed by atoms with Crippen LogP contribution in [0.15, 0.2) is 22.9 Å². The molecule has 1 amide bonds. The van der Waals surface area contributed by atoms with Gasteiger partial charge in [0.05, 0.1) is 7.11 Å². The monoisotopic (exact) mass is 316 g/mol. The van der Waals surface area contributed by atoms with Crippen LogP contribution >= 0.6 is 0 Å². The highest BCUT2D eigenvalue weighted by Crippen LogP contribution is 2.25. The average molecular weight is 316 g/mol. The van der Waals surface area contributed by atoms with E-state index < -0.39 is 0 Å². The van der Waals surface area contributed by atoms with Crippen LogP contribution in [0.1, 0.15) is 36.0 Å². The molecule has 0 unspecified atom stereocenters. The number of likely N-dealkylation sites (tertiary alicyclic amines) is 1. The smallest absolute Gasteiger partial charge is 0.254 e. The molecule has 1 saturated heterocycles. The van der Waals surface area contributed by atoms with Crippen molar-refractivity contribution in [3.8, 4) is 5.88 Å². The first-order chi connectivity index (χ1) is 11.2. The maximum atomic E-state index is 12.3. The van der Waals surface area contributed by atoms with Gasteiger partial charge in [-0.25, -0.2) is 9.97 Å². The van der Waals surface area contributed by atoms with Crippen LogP contribution < -0.4 is 4.74 Å². The fraction of sp³-hybridized carbons (Fsp3) is 0.500. The van der Waals surface area contributed by atoms with Crippen LogP contribution in [-0.2, 0) is 11.2 Å². The second-order valence-electron chi connectivity index (χ2n) is 5.72. The lowest BCUT2D eigenvalue weighted by Gasteiger charge is -2.15. The number of hydrogen-bond donors (Lipinski definition) is 0. The molecule has 7 nitrogen and oxygen atoms in total. The van der Waals surface area contributed by atoms with Crippen LogP contribution in [0.5, 0.6) is 5.88 Å². The van der Waals surface area contributed by atoms with E-state index in [4.69, 9.17) is 9.26 Å². The van der Waals surface area contributed by atoms with Crippen molar-refractivity contribution in [2.24, 2.45) is 0 Å². The molecule has 1 aliphatic rings. The Labute approximate surface area is 134 Å². The quantitative estimate of drug-likeness (QED) is 0.835. The Morgan fingerprint density at radius 2 is 2.39 bits per heavy atom. The van der Waals surface area contributed by atoms with Gasteiger partial charge in [0, 0.05) is 49.8 Å². The molecule has 122 valence electrons. The summed E-state index contributed by atoms with van der Waals surface area (Å²) >= 11 is 0. The Morgan fingerprint density at radius 1 is 1.52 bits per heavy atom. The van der Waals surface area contributed by atoms with E-state index in [0.29, 0.717) is 31.0 Å². The molecule has 1 atom stereocenters. The summed E-state index contributed by atoms with van der Waals surface area (Å²) in [6.45, 7) is 3.39. The second kappa shape index (κ2) is 6.76. The Hall–Kier alpha value is -2.44. The van der Waals surface area contributed by atoms with Gasteiger partial charge in [0.15, 0.2) is 0 Å². The summed E-state index contributed by atoms with van der Waals surface area (Å²) in [7, 11) is 1.53. The zero-order chi connectivity index (χ0) is 16.2. The molecule has 0 bridgehead atoms. The normalized spacial score (nSPS) is 17.5. The average Bonchev–Trinajstić information content (AvgIpc) is 3.22. The zero-order valence-corrected chi connectivity index (χ0v) is 13.4. The highest BCUT2D eigenvalue weighted by atomic mass is 16.5. The molecule has 0 aromatic carbocycles. The highest BCUT2D eigenvalue weighted by Gasteiger charge is 2.28. The third-order valence-electron chi connectivity index (χ3n) is 4.05. The van der Waals surface area contributed by atoms with Gasteiger partial charge in [-0.3, -0.25) is 4.79 Å². The standard InChI is InChI=1S/C16H20N4O3/c1-11-5-7-17-16(18-11)12-6-8-20(10-12)15(21)4-3-13-9-14(22-2)19-23-13/h5,7,9,12H,3-4,6,8,10H2,1-2H3/t12-/m0/s1. The highest BCUT2D eigenvalue weighted by molar-refractivity contribution is 5.76. The van der Waals surface area contributed by atoms with Gasteiger partial charge >= 0.3 is 0 Å². The topological polar surface area (TPSA) is 81.4 Å². The number of amides is 1. The van der Waals surface area contributed by atoms with Crippen molar-refractivity contribution in [2.45, 2.75) is 32.1 Å². The van der Waals surface area contributed by atoms with Gasteiger partial charge in [-0.15, -0.1) is 0 Å². The van der Waals surface area contributed by atoms with Crippen LogP contribution in [0, 0.1) is 6.92 Å². The molecule has 0 saturated carbocycles. The van der Waals surface area contributed by atoms with E-state index in [1.165, 1.54) is 7.11 Å². The minimum Gasteiger partial charge on any atom is -0.479 e. The number of hydrogen-bond acceptors (Lipinski definition) is 6. The van der Waals surface area contributed by atoms with Crippen LogP contribution in [0.4, 0.5) is 0 Å². The summed E-state index contributed by atoms with van der Waals surface area (Å²) in [6, 6.07) is 3.59. The lowest BCUT2D eigenvalue weighted by Crippen LogP contribution is -2.28. The molecule has 2 aromatic rings. The lowest BCUT2D eigenvalue weighted by atomic mass is 10.1. The third kappa shape index (κ3) is 3.67. The molecule has 1 aliphatic heterocycles. The van der Waals surface area contributed by atoms with Crippen molar-refractivity contribution >= 4 is 5.91 Å². The molecule has 0 N–H and O–H groups in total. The fourth-order valence-electron chi connectivity index (χ4n) is 2.76. The molecule has 23 heavy (non-hydrogen) atoms. The molecule has 2 aromatic heterocycles. The Kier molecular flexibility index (Phi) is 4.55. The molecule has 1 fully saturated rings. The van der Waals surface area contributed by atoms with Gasteiger partial charge in [0.2, 0.25) is 5.91 Å².